The molecule has 4 rings (SSSR count). The van der Waals surface area contributed by atoms with Crippen LogP contribution in [0.5, 0.6) is 5.75 Å². The predicted molar refractivity (Wildman–Crippen MR) is 155 cm³/mol. The summed E-state index contributed by atoms with van der Waals surface area (Å²) in [5, 5.41) is 11.2. The van der Waals surface area contributed by atoms with Gasteiger partial charge < -0.3 is 19.4 Å². The summed E-state index contributed by atoms with van der Waals surface area (Å²) in [6.07, 6.45) is 7.58. The third kappa shape index (κ3) is 9.21. The maximum Gasteiger partial charge on any atom is 0.324 e. The van der Waals surface area contributed by atoms with Crippen molar-refractivity contribution in [2.24, 2.45) is 0 Å². The maximum absolute atomic E-state index is 14.0. The molecule has 2 saturated heterocycles. The van der Waals surface area contributed by atoms with E-state index in [-0.39, 0.29) is 11.7 Å². The molecular formula is C30H43N5O4. The largest absolute Gasteiger partial charge is 0.494 e. The van der Waals surface area contributed by atoms with E-state index in [0.717, 1.165) is 57.9 Å². The van der Waals surface area contributed by atoms with E-state index in [2.05, 4.69) is 9.80 Å². The Morgan fingerprint density at radius 3 is 1.90 bits per heavy atom. The van der Waals surface area contributed by atoms with Gasteiger partial charge in [-0.15, -0.1) is 0 Å². The number of hydrogen-bond donors (Lipinski definition) is 0. The molecule has 0 atom stereocenters. The first kappa shape index (κ1) is 28.8. The summed E-state index contributed by atoms with van der Waals surface area (Å²) in [6, 6.07) is 15.9. The van der Waals surface area contributed by atoms with Gasteiger partial charge in [0.2, 0.25) is 0 Å². The number of likely N-dealkylation sites (tertiary alicyclic amines) is 2. The Labute approximate surface area is 232 Å². The van der Waals surface area contributed by atoms with Crippen molar-refractivity contribution in [2.45, 2.75) is 44.9 Å². The number of amides is 2. The fraction of sp³-hybridized carbons (Fsp3) is 0.567. The molecule has 0 bridgehead atoms. The number of rotatable bonds is 15. The third-order valence-electron chi connectivity index (χ3n) is 7.61. The van der Waals surface area contributed by atoms with Crippen LogP contribution in [0.15, 0.2) is 54.6 Å². The molecular weight excluding hydrogens is 494 g/mol. The van der Waals surface area contributed by atoms with Crippen molar-refractivity contribution >= 4 is 17.4 Å². The van der Waals surface area contributed by atoms with Crippen molar-refractivity contribution in [1.29, 1.82) is 0 Å². The number of carbonyl (C=O) groups is 1. The molecule has 9 nitrogen and oxygen atoms in total. The van der Waals surface area contributed by atoms with Gasteiger partial charge in [0.1, 0.15) is 5.75 Å². The van der Waals surface area contributed by atoms with Crippen molar-refractivity contribution in [3.8, 4) is 5.75 Å². The molecule has 0 aliphatic carbocycles. The molecule has 0 radical (unpaired) electrons. The van der Waals surface area contributed by atoms with E-state index < -0.39 is 4.92 Å². The number of hydrogen-bond acceptors (Lipinski definition) is 6. The molecule has 2 fully saturated rings. The molecule has 2 heterocycles. The van der Waals surface area contributed by atoms with Crippen molar-refractivity contribution in [3.05, 3.63) is 64.7 Å². The highest BCUT2D eigenvalue weighted by Gasteiger charge is 2.24. The summed E-state index contributed by atoms with van der Waals surface area (Å²) < 4.78 is 5.87. The highest BCUT2D eigenvalue weighted by molar-refractivity contribution is 5.92. The number of benzene rings is 2. The van der Waals surface area contributed by atoms with Crippen molar-refractivity contribution < 1.29 is 14.5 Å². The lowest BCUT2D eigenvalue weighted by Crippen LogP contribution is -2.46. The number of carbonyl (C=O) groups excluding carboxylic acids is 1. The Bertz CT molecular complexity index is 986. The van der Waals surface area contributed by atoms with Crippen LogP contribution in [-0.4, -0.2) is 91.2 Å². The van der Waals surface area contributed by atoms with Crippen molar-refractivity contribution in [3.63, 3.8) is 0 Å². The Balaban J connectivity index is 1.42. The summed E-state index contributed by atoms with van der Waals surface area (Å²) in [4.78, 5) is 33.6. The second-order valence-electron chi connectivity index (χ2n) is 10.5. The number of ether oxygens (including phenoxy) is 1. The van der Waals surface area contributed by atoms with Gasteiger partial charge in [-0.05, 0) is 108 Å². The first-order valence-electron chi connectivity index (χ1n) is 14.5. The lowest BCUT2D eigenvalue weighted by Gasteiger charge is -2.32. The molecule has 0 spiro atoms. The van der Waals surface area contributed by atoms with Crippen LogP contribution in [0.1, 0.15) is 44.9 Å². The van der Waals surface area contributed by atoms with E-state index >= 15 is 0 Å². The van der Waals surface area contributed by atoms with E-state index in [1.165, 1.54) is 37.8 Å². The molecule has 2 aliphatic rings. The Morgan fingerprint density at radius 2 is 1.36 bits per heavy atom. The van der Waals surface area contributed by atoms with Gasteiger partial charge in [0, 0.05) is 37.5 Å². The molecule has 0 N–H and O–H groups in total. The molecule has 9 heteroatoms. The van der Waals surface area contributed by atoms with Gasteiger partial charge in [0.05, 0.1) is 11.5 Å². The SMILES string of the molecule is O=C(N(CCCN1CCCC1)CCCN1CCCC1)N(CCCOc1ccccc1)c1ccc([N+](=O)[O-])cc1. The van der Waals surface area contributed by atoms with Crippen LogP contribution in [0.2, 0.25) is 0 Å². The van der Waals surface area contributed by atoms with E-state index in [1.807, 2.05) is 35.2 Å². The maximum atomic E-state index is 14.0. The first-order valence-corrected chi connectivity index (χ1v) is 14.5. The van der Waals surface area contributed by atoms with Gasteiger partial charge in [-0.1, -0.05) is 18.2 Å². The summed E-state index contributed by atoms with van der Waals surface area (Å²) >= 11 is 0. The second kappa shape index (κ2) is 15.4. The number of para-hydroxylation sites is 1. The van der Waals surface area contributed by atoms with Crippen LogP contribution < -0.4 is 9.64 Å². The quantitative estimate of drug-likeness (QED) is 0.175. The molecule has 2 aliphatic heterocycles. The summed E-state index contributed by atoms with van der Waals surface area (Å²) in [7, 11) is 0. The normalized spacial score (nSPS) is 15.9. The fourth-order valence-corrected chi connectivity index (χ4v) is 5.48. The number of nitro groups is 1. The van der Waals surface area contributed by atoms with Crippen molar-refractivity contribution in [1.82, 2.24) is 14.7 Å². The van der Waals surface area contributed by atoms with Crippen LogP contribution in [0.3, 0.4) is 0 Å². The van der Waals surface area contributed by atoms with E-state index in [0.29, 0.717) is 38.3 Å². The van der Waals surface area contributed by atoms with Gasteiger partial charge in [0.15, 0.2) is 0 Å². The van der Waals surface area contributed by atoms with Crippen LogP contribution in [-0.2, 0) is 0 Å². The fourth-order valence-electron chi connectivity index (χ4n) is 5.48. The molecule has 2 amide bonds. The summed E-state index contributed by atoms with van der Waals surface area (Å²) in [6.45, 7) is 9.00. The molecule has 0 saturated carbocycles. The van der Waals surface area contributed by atoms with Crippen molar-refractivity contribution in [2.75, 3.05) is 70.4 Å². The van der Waals surface area contributed by atoms with Gasteiger partial charge >= 0.3 is 6.03 Å². The monoisotopic (exact) mass is 537 g/mol. The average Bonchev–Trinajstić information content (AvgIpc) is 3.67. The third-order valence-corrected chi connectivity index (χ3v) is 7.61. The number of anilines is 1. The molecule has 0 unspecified atom stereocenters. The zero-order valence-electron chi connectivity index (χ0n) is 23.1. The summed E-state index contributed by atoms with van der Waals surface area (Å²) in [5.41, 5.74) is 0.695. The van der Waals surface area contributed by atoms with E-state index in [4.69, 9.17) is 4.74 Å². The van der Waals surface area contributed by atoms with E-state index in [1.54, 1.807) is 17.0 Å². The highest BCUT2D eigenvalue weighted by Crippen LogP contribution is 2.22. The predicted octanol–water partition coefficient (Wildman–Crippen LogP) is 5.26. The number of nitro benzene ring substituents is 1. The highest BCUT2D eigenvalue weighted by atomic mass is 16.6. The first-order chi connectivity index (χ1) is 19.1. The lowest BCUT2D eigenvalue weighted by molar-refractivity contribution is -0.384. The minimum Gasteiger partial charge on any atom is -0.494 e. The Morgan fingerprint density at radius 1 is 0.795 bits per heavy atom. The topological polar surface area (TPSA) is 82.4 Å². The minimum atomic E-state index is -0.410. The summed E-state index contributed by atoms with van der Waals surface area (Å²) in [5.74, 6) is 0.802. The zero-order valence-corrected chi connectivity index (χ0v) is 23.1. The zero-order chi connectivity index (χ0) is 27.3. The molecule has 212 valence electrons. The average molecular weight is 538 g/mol. The smallest absolute Gasteiger partial charge is 0.324 e. The molecule has 39 heavy (non-hydrogen) atoms. The number of urea groups is 1. The molecule has 0 aromatic heterocycles. The van der Waals surface area contributed by atoms with Crippen LogP contribution in [0.25, 0.3) is 0 Å². The van der Waals surface area contributed by atoms with Crippen LogP contribution >= 0.6 is 0 Å². The van der Waals surface area contributed by atoms with Gasteiger partial charge in [-0.2, -0.15) is 0 Å². The second-order valence-corrected chi connectivity index (χ2v) is 10.5. The molecule has 2 aromatic carbocycles. The Hall–Kier alpha value is -3.17. The molecule has 2 aromatic rings. The van der Waals surface area contributed by atoms with Gasteiger partial charge in [-0.3, -0.25) is 15.0 Å². The van der Waals surface area contributed by atoms with Crippen LogP contribution in [0, 0.1) is 10.1 Å². The minimum absolute atomic E-state index is 0.0200. The number of nitrogens with zero attached hydrogens (tertiary/aromatic N) is 5. The van der Waals surface area contributed by atoms with Gasteiger partial charge in [0.25, 0.3) is 5.69 Å². The standard InChI is InChI=1S/C30H43N5O4/c36-30(33(23-8-21-31-17-4-5-18-31)24-9-22-32-19-6-7-20-32)34(27-13-15-28(16-14-27)35(37)38)25-10-26-39-29-11-2-1-3-12-29/h1-3,11-16H,4-10,17-26H2. The Kier molecular flexibility index (Phi) is 11.4. The lowest BCUT2D eigenvalue weighted by atomic mass is 10.2. The van der Waals surface area contributed by atoms with Gasteiger partial charge in [-0.25, -0.2) is 4.79 Å². The van der Waals surface area contributed by atoms with E-state index in [9.17, 15) is 14.9 Å². The number of non-ortho nitro benzene ring substituents is 1. The van der Waals surface area contributed by atoms with Crippen LogP contribution in [0.4, 0.5) is 16.2 Å².